The zero-order chi connectivity index (χ0) is 15.4. The van der Waals surface area contributed by atoms with Gasteiger partial charge in [-0.2, -0.15) is 4.98 Å². The number of nitrogens with one attached hydrogen (secondary N) is 1. The topological polar surface area (TPSA) is 68.0 Å². The summed E-state index contributed by atoms with van der Waals surface area (Å²) in [6, 6.07) is 16.9. The van der Waals surface area contributed by atoms with Crippen LogP contribution in [-0.2, 0) is 6.54 Å². The van der Waals surface area contributed by atoms with Crippen molar-refractivity contribution in [1.29, 1.82) is 0 Å². The molecular weight excluding hydrogens is 278 g/mol. The number of carbonyl (C=O) groups excluding carboxylic acids is 1. The van der Waals surface area contributed by atoms with Crippen LogP contribution < -0.4 is 5.32 Å². The molecule has 0 bridgehead atoms. The van der Waals surface area contributed by atoms with Crippen LogP contribution in [0.25, 0.3) is 11.5 Å². The number of carbonyl (C=O) groups is 1. The zero-order valence-electron chi connectivity index (χ0n) is 12.1. The molecule has 0 saturated heterocycles. The Balaban J connectivity index is 1.67. The highest BCUT2D eigenvalue weighted by atomic mass is 16.5. The summed E-state index contributed by atoms with van der Waals surface area (Å²) in [5.41, 5.74) is 2.43. The Labute approximate surface area is 128 Å². The number of benzene rings is 2. The van der Waals surface area contributed by atoms with Crippen LogP contribution in [0.15, 0.2) is 59.1 Å². The fraction of sp³-hybridized carbons (Fsp3) is 0.118. The van der Waals surface area contributed by atoms with Crippen LogP contribution in [0.4, 0.5) is 0 Å². The molecule has 2 aromatic carbocycles. The van der Waals surface area contributed by atoms with Crippen molar-refractivity contribution in [3.8, 4) is 11.5 Å². The molecule has 1 N–H and O–H groups in total. The molecule has 0 aliphatic heterocycles. The number of aromatic nitrogens is 2. The van der Waals surface area contributed by atoms with Gasteiger partial charge in [0.15, 0.2) is 5.82 Å². The van der Waals surface area contributed by atoms with Crippen molar-refractivity contribution in [2.75, 3.05) is 0 Å². The Hall–Kier alpha value is -2.95. The molecule has 3 rings (SSSR count). The Morgan fingerprint density at radius 1 is 1.09 bits per heavy atom. The second kappa shape index (κ2) is 6.22. The predicted molar refractivity (Wildman–Crippen MR) is 82.1 cm³/mol. The second-order valence-electron chi connectivity index (χ2n) is 4.88. The van der Waals surface area contributed by atoms with E-state index in [0.717, 1.165) is 11.1 Å². The van der Waals surface area contributed by atoms with Gasteiger partial charge in [0.25, 0.3) is 11.8 Å². The molecule has 0 aliphatic rings. The average molecular weight is 293 g/mol. The number of rotatable bonds is 4. The third-order valence-corrected chi connectivity index (χ3v) is 3.29. The molecule has 0 radical (unpaired) electrons. The molecule has 22 heavy (non-hydrogen) atoms. The Morgan fingerprint density at radius 3 is 2.59 bits per heavy atom. The van der Waals surface area contributed by atoms with Crippen molar-refractivity contribution in [3.05, 3.63) is 71.5 Å². The molecule has 5 heteroatoms. The van der Waals surface area contributed by atoms with Crippen molar-refractivity contribution in [2.24, 2.45) is 0 Å². The first-order valence-corrected chi connectivity index (χ1v) is 6.96. The molecule has 0 aliphatic carbocycles. The standard InChI is InChI=1S/C17H15N3O2/c1-12-7-5-6-10-14(12)16(21)18-11-15-19-17(22-20-15)13-8-3-2-4-9-13/h2-10H,11H2,1H3,(H,18,21). The van der Waals surface area contributed by atoms with E-state index in [2.05, 4.69) is 15.5 Å². The van der Waals surface area contributed by atoms with Crippen molar-refractivity contribution < 1.29 is 9.32 Å². The Kier molecular flexibility index (Phi) is 3.96. The molecule has 0 atom stereocenters. The highest BCUT2D eigenvalue weighted by Gasteiger charge is 2.11. The normalized spacial score (nSPS) is 10.4. The molecule has 3 aromatic rings. The maximum atomic E-state index is 12.1. The highest BCUT2D eigenvalue weighted by molar-refractivity contribution is 5.95. The molecule has 1 aromatic heterocycles. The van der Waals surface area contributed by atoms with Gasteiger partial charge >= 0.3 is 0 Å². The summed E-state index contributed by atoms with van der Waals surface area (Å²) < 4.78 is 5.20. The van der Waals surface area contributed by atoms with Crippen LogP contribution in [0, 0.1) is 6.92 Å². The summed E-state index contributed by atoms with van der Waals surface area (Å²) in [4.78, 5) is 16.4. The summed E-state index contributed by atoms with van der Waals surface area (Å²) >= 11 is 0. The number of nitrogens with zero attached hydrogens (tertiary/aromatic N) is 2. The smallest absolute Gasteiger partial charge is 0.257 e. The van der Waals surface area contributed by atoms with E-state index in [4.69, 9.17) is 4.52 Å². The van der Waals surface area contributed by atoms with E-state index in [0.29, 0.717) is 17.3 Å². The van der Waals surface area contributed by atoms with E-state index in [-0.39, 0.29) is 12.5 Å². The molecule has 1 heterocycles. The molecular formula is C17H15N3O2. The SMILES string of the molecule is Cc1ccccc1C(=O)NCc1noc(-c2ccccc2)n1. The van der Waals surface area contributed by atoms with Gasteiger partial charge in [-0.15, -0.1) is 0 Å². The number of hydrogen-bond acceptors (Lipinski definition) is 4. The van der Waals surface area contributed by atoms with Crippen molar-refractivity contribution in [2.45, 2.75) is 13.5 Å². The number of amides is 1. The maximum absolute atomic E-state index is 12.1. The Bertz CT molecular complexity index is 781. The van der Waals surface area contributed by atoms with Crippen molar-refractivity contribution in [1.82, 2.24) is 15.5 Å². The van der Waals surface area contributed by atoms with E-state index < -0.39 is 0 Å². The van der Waals surface area contributed by atoms with Crippen LogP contribution in [0.2, 0.25) is 0 Å². The van der Waals surface area contributed by atoms with Crippen molar-refractivity contribution >= 4 is 5.91 Å². The fourth-order valence-electron chi connectivity index (χ4n) is 2.11. The molecule has 0 spiro atoms. The summed E-state index contributed by atoms with van der Waals surface area (Å²) in [6.07, 6.45) is 0. The lowest BCUT2D eigenvalue weighted by atomic mass is 10.1. The second-order valence-corrected chi connectivity index (χ2v) is 4.88. The molecule has 0 fully saturated rings. The number of aryl methyl sites for hydroxylation is 1. The van der Waals surface area contributed by atoms with E-state index >= 15 is 0 Å². The molecule has 0 saturated carbocycles. The van der Waals surface area contributed by atoms with E-state index in [9.17, 15) is 4.79 Å². The van der Waals surface area contributed by atoms with E-state index in [1.807, 2.05) is 55.5 Å². The summed E-state index contributed by atoms with van der Waals surface area (Å²) in [6.45, 7) is 2.13. The van der Waals surface area contributed by atoms with Gasteiger partial charge in [-0.25, -0.2) is 0 Å². The van der Waals surface area contributed by atoms with Gasteiger partial charge in [0.05, 0.1) is 6.54 Å². The minimum Gasteiger partial charge on any atom is -0.345 e. The van der Waals surface area contributed by atoms with Crippen LogP contribution in [0.5, 0.6) is 0 Å². The zero-order valence-corrected chi connectivity index (χ0v) is 12.1. The van der Waals surface area contributed by atoms with Gasteiger partial charge in [-0.3, -0.25) is 4.79 Å². The molecule has 110 valence electrons. The summed E-state index contributed by atoms with van der Waals surface area (Å²) in [7, 11) is 0. The summed E-state index contributed by atoms with van der Waals surface area (Å²) in [5.74, 6) is 0.741. The number of hydrogen-bond donors (Lipinski definition) is 1. The predicted octanol–water partition coefficient (Wildman–Crippen LogP) is 2.98. The van der Waals surface area contributed by atoms with Crippen molar-refractivity contribution in [3.63, 3.8) is 0 Å². The van der Waals surface area contributed by atoms with Gasteiger partial charge in [0, 0.05) is 11.1 Å². The van der Waals surface area contributed by atoms with Gasteiger partial charge in [-0.05, 0) is 30.7 Å². The van der Waals surface area contributed by atoms with Crippen LogP contribution in [0.1, 0.15) is 21.7 Å². The molecule has 0 unspecified atom stereocenters. The Morgan fingerprint density at radius 2 is 1.82 bits per heavy atom. The lowest BCUT2D eigenvalue weighted by molar-refractivity contribution is 0.0949. The quantitative estimate of drug-likeness (QED) is 0.803. The van der Waals surface area contributed by atoms with Gasteiger partial charge in [0.2, 0.25) is 0 Å². The lowest BCUT2D eigenvalue weighted by Crippen LogP contribution is -2.24. The third kappa shape index (κ3) is 3.03. The lowest BCUT2D eigenvalue weighted by Gasteiger charge is -2.05. The highest BCUT2D eigenvalue weighted by Crippen LogP contribution is 2.16. The third-order valence-electron chi connectivity index (χ3n) is 3.29. The van der Waals surface area contributed by atoms with Gasteiger partial charge < -0.3 is 9.84 Å². The monoisotopic (exact) mass is 293 g/mol. The minimum atomic E-state index is -0.149. The average Bonchev–Trinajstić information content (AvgIpc) is 3.03. The molecule has 5 nitrogen and oxygen atoms in total. The summed E-state index contributed by atoms with van der Waals surface area (Å²) in [5, 5.41) is 6.68. The van der Waals surface area contributed by atoms with Gasteiger partial charge in [-0.1, -0.05) is 41.6 Å². The van der Waals surface area contributed by atoms with Crippen LogP contribution in [0.3, 0.4) is 0 Å². The van der Waals surface area contributed by atoms with Crippen LogP contribution in [-0.4, -0.2) is 16.0 Å². The van der Waals surface area contributed by atoms with E-state index in [1.54, 1.807) is 6.07 Å². The van der Waals surface area contributed by atoms with Gasteiger partial charge in [0.1, 0.15) is 0 Å². The van der Waals surface area contributed by atoms with Crippen LogP contribution >= 0.6 is 0 Å². The first-order valence-electron chi connectivity index (χ1n) is 6.96. The molecule has 1 amide bonds. The maximum Gasteiger partial charge on any atom is 0.257 e. The largest absolute Gasteiger partial charge is 0.345 e. The first-order chi connectivity index (χ1) is 10.7. The first kappa shape index (κ1) is 14.0. The minimum absolute atomic E-state index is 0.149. The fourth-order valence-corrected chi connectivity index (χ4v) is 2.11. The van der Waals surface area contributed by atoms with E-state index in [1.165, 1.54) is 0 Å².